The highest BCUT2D eigenvalue weighted by Gasteiger charge is 2.19. The Morgan fingerprint density at radius 1 is 1.29 bits per heavy atom. The van der Waals surface area contributed by atoms with E-state index >= 15 is 0 Å². The molecule has 1 heterocycles. The zero-order valence-electron chi connectivity index (χ0n) is 10.3. The van der Waals surface area contributed by atoms with E-state index in [-0.39, 0.29) is 0 Å². The number of nitrogens with one attached hydrogen (secondary N) is 1. The van der Waals surface area contributed by atoms with Gasteiger partial charge in [0.05, 0.1) is 4.90 Å². The van der Waals surface area contributed by atoms with E-state index in [1.165, 1.54) is 12.7 Å². The molecule has 1 fully saturated rings. The van der Waals surface area contributed by atoms with E-state index < -0.39 is 9.84 Å². The van der Waals surface area contributed by atoms with Crippen molar-refractivity contribution in [1.29, 1.82) is 0 Å². The highest BCUT2D eigenvalue weighted by Crippen LogP contribution is 2.26. The van der Waals surface area contributed by atoms with Gasteiger partial charge in [0, 0.05) is 12.3 Å². The first-order chi connectivity index (χ1) is 7.97. The largest absolute Gasteiger partial charge is 0.310 e. The second-order valence-corrected chi connectivity index (χ2v) is 7.00. The molecule has 2 rings (SSSR count). The van der Waals surface area contributed by atoms with Gasteiger partial charge >= 0.3 is 0 Å². The van der Waals surface area contributed by atoms with Gasteiger partial charge in [0.25, 0.3) is 0 Å². The van der Waals surface area contributed by atoms with E-state index in [1.807, 2.05) is 12.1 Å². The van der Waals surface area contributed by atoms with E-state index in [9.17, 15) is 8.42 Å². The Hall–Kier alpha value is -0.870. The molecule has 0 radical (unpaired) electrons. The van der Waals surface area contributed by atoms with Crippen molar-refractivity contribution in [1.82, 2.24) is 5.32 Å². The zero-order valence-corrected chi connectivity index (χ0v) is 11.1. The van der Waals surface area contributed by atoms with E-state index in [0.29, 0.717) is 16.9 Å². The second-order valence-electron chi connectivity index (χ2n) is 4.99. The summed E-state index contributed by atoms with van der Waals surface area (Å²) in [6.07, 6.45) is 3.53. The summed E-state index contributed by atoms with van der Waals surface area (Å²) in [6, 6.07) is 7.58. The lowest BCUT2D eigenvalue weighted by atomic mass is 9.92. The maximum Gasteiger partial charge on any atom is 0.175 e. The summed E-state index contributed by atoms with van der Waals surface area (Å²) >= 11 is 0. The van der Waals surface area contributed by atoms with Crippen LogP contribution in [0.3, 0.4) is 0 Å². The van der Waals surface area contributed by atoms with Crippen LogP contribution in [0.25, 0.3) is 0 Å². The van der Waals surface area contributed by atoms with Crippen molar-refractivity contribution >= 4 is 9.84 Å². The third-order valence-electron chi connectivity index (χ3n) is 3.35. The van der Waals surface area contributed by atoms with Crippen molar-refractivity contribution < 1.29 is 8.42 Å². The lowest BCUT2D eigenvalue weighted by molar-refractivity contribution is 0.332. The fourth-order valence-electron chi connectivity index (χ4n) is 2.25. The van der Waals surface area contributed by atoms with Gasteiger partial charge in [-0.25, -0.2) is 8.42 Å². The molecule has 1 saturated heterocycles. The van der Waals surface area contributed by atoms with Gasteiger partial charge in [0.15, 0.2) is 9.84 Å². The molecular weight excluding hydrogens is 234 g/mol. The highest BCUT2D eigenvalue weighted by molar-refractivity contribution is 7.90. The smallest absolute Gasteiger partial charge is 0.175 e. The van der Waals surface area contributed by atoms with Crippen molar-refractivity contribution in [2.75, 3.05) is 12.8 Å². The topological polar surface area (TPSA) is 46.2 Å². The summed E-state index contributed by atoms with van der Waals surface area (Å²) in [4.78, 5) is 0.412. The molecule has 0 saturated carbocycles. The lowest BCUT2D eigenvalue weighted by Crippen LogP contribution is -2.31. The molecule has 0 amide bonds. The molecule has 1 aliphatic heterocycles. The first-order valence-corrected chi connectivity index (χ1v) is 7.89. The van der Waals surface area contributed by atoms with E-state index in [4.69, 9.17) is 0 Å². The number of sulfone groups is 1. The Labute approximate surface area is 103 Å². The van der Waals surface area contributed by atoms with Crippen LogP contribution in [0.5, 0.6) is 0 Å². The Bertz CT molecular complexity index is 488. The average molecular weight is 253 g/mol. The maximum absolute atomic E-state index is 11.5. The maximum atomic E-state index is 11.5. The van der Waals surface area contributed by atoms with Gasteiger partial charge in [-0.05, 0) is 43.0 Å². The van der Waals surface area contributed by atoms with Crippen molar-refractivity contribution in [3.63, 3.8) is 0 Å². The molecule has 3 nitrogen and oxygen atoms in total. The van der Waals surface area contributed by atoms with Crippen LogP contribution in [-0.4, -0.2) is 21.2 Å². The molecule has 17 heavy (non-hydrogen) atoms. The van der Waals surface area contributed by atoms with Crippen molar-refractivity contribution in [3.05, 3.63) is 29.8 Å². The number of piperidine rings is 1. The van der Waals surface area contributed by atoms with Crippen LogP contribution in [0.15, 0.2) is 29.2 Å². The molecule has 1 aromatic carbocycles. The van der Waals surface area contributed by atoms with Gasteiger partial charge in [-0.3, -0.25) is 0 Å². The fraction of sp³-hybridized carbons (Fsp3) is 0.538. The summed E-state index contributed by atoms with van der Waals surface area (Å²) in [6.45, 7) is 3.24. The van der Waals surface area contributed by atoms with Crippen molar-refractivity contribution in [2.24, 2.45) is 5.92 Å². The molecule has 0 aromatic heterocycles. The van der Waals surface area contributed by atoms with Crippen molar-refractivity contribution in [3.8, 4) is 0 Å². The molecule has 1 N–H and O–H groups in total. The fourth-order valence-corrected chi connectivity index (χ4v) is 2.92. The predicted octanol–water partition coefficient (Wildman–Crippen LogP) is 2.15. The van der Waals surface area contributed by atoms with Gasteiger partial charge in [-0.1, -0.05) is 19.1 Å². The molecule has 4 heteroatoms. The molecule has 0 unspecified atom stereocenters. The third kappa shape index (κ3) is 3.07. The number of rotatable bonds is 2. The van der Waals surface area contributed by atoms with E-state index in [0.717, 1.165) is 18.5 Å². The number of hydrogen-bond donors (Lipinski definition) is 1. The van der Waals surface area contributed by atoms with Crippen LogP contribution >= 0.6 is 0 Å². The Morgan fingerprint density at radius 2 is 2.06 bits per heavy atom. The second kappa shape index (κ2) is 4.78. The summed E-state index contributed by atoms with van der Waals surface area (Å²) in [5.41, 5.74) is 1.08. The lowest BCUT2D eigenvalue weighted by Gasteiger charge is -2.28. The summed E-state index contributed by atoms with van der Waals surface area (Å²) in [5, 5.41) is 3.47. The summed E-state index contributed by atoms with van der Waals surface area (Å²) in [7, 11) is -3.10. The Kier molecular flexibility index (Phi) is 3.54. The molecule has 0 bridgehead atoms. The van der Waals surface area contributed by atoms with Crippen LogP contribution in [0, 0.1) is 5.92 Å². The molecular formula is C13H19NO2S. The van der Waals surface area contributed by atoms with Crippen LogP contribution in [0.1, 0.15) is 31.4 Å². The zero-order chi connectivity index (χ0) is 12.5. The minimum absolute atomic E-state index is 0.299. The average Bonchev–Trinajstić information content (AvgIpc) is 2.29. The number of benzene rings is 1. The Morgan fingerprint density at radius 3 is 2.65 bits per heavy atom. The SMILES string of the molecule is C[C@H]1CC[C@H](c2cccc(S(C)(=O)=O)c2)NC1. The Balaban J connectivity index is 2.22. The standard InChI is InChI=1S/C13H19NO2S/c1-10-6-7-13(14-9-10)11-4-3-5-12(8-11)17(2,15)16/h3-5,8,10,13-14H,6-7,9H2,1-2H3/t10-,13+/m0/s1. The van der Waals surface area contributed by atoms with Gasteiger partial charge in [0.1, 0.15) is 0 Å². The molecule has 2 atom stereocenters. The quantitative estimate of drug-likeness (QED) is 0.878. The normalized spacial score (nSPS) is 25.8. The minimum Gasteiger partial charge on any atom is -0.310 e. The van der Waals surface area contributed by atoms with Gasteiger partial charge in [-0.15, -0.1) is 0 Å². The van der Waals surface area contributed by atoms with Crippen LogP contribution in [0.4, 0.5) is 0 Å². The van der Waals surface area contributed by atoms with Gasteiger partial charge in [0.2, 0.25) is 0 Å². The molecule has 1 aliphatic rings. The first-order valence-electron chi connectivity index (χ1n) is 6.00. The predicted molar refractivity (Wildman–Crippen MR) is 68.7 cm³/mol. The van der Waals surface area contributed by atoms with Crippen LogP contribution < -0.4 is 5.32 Å². The van der Waals surface area contributed by atoms with Crippen molar-refractivity contribution in [2.45, 2.75) is 30.7 Å². The van der Waals surface area contributed by atoms with Gasteiger partial charge < -0.3 is 5.32 Å². The highest BCUT2D eigenvalue weighted by atomic mass is 32.2. The van der Waals surface area contributed by atoms with Gasteiger partial charge in [-0.2, -0.15) is 0 Å². The monoisotopic (exact) mass is 253 g/mol. The first kappa shape index (κ1) is 12.6. The molecule has 1 aromatic rings. The summed E-state index contributed by atoms with van der Waals surface area (Å²) < 4.78 is 23.0. The minimum atomic E-state index is -3.10. The molecule has 94 valence electrons. The van der Waals surface area contributed by atoms with E-state index in [2.05, 4.69) is 12.2 Å². The molecule has 0 spiro atoms. The molecule has 0 aliphatic carbocycles. The van der Waals surface area contributed by atoms with E-state index in [1.54, 1.807) is 12.1 Å². The summed E-state index contributed by atoms with van der Waals surface area (Å²) in [5.74, 6) is 0.712. The van der Waals surface area contributed by atoms with Crippen LogP contribution in [0.2, 0.25) is 0 Å². The number of hydrogen-bond acceptors (Lipinski definition) is 3. The van der Waals surface area contributed by atoms with Crippen LogP contribution in [-0.2, 0) is 9.84 Å². The third-order valence-corrected chi connectivity index (χ3v) is 4.46.